The molecule has 20 heavy (non-hydrogen) atoms. The van der Waals surface area contributed by atoms with Gasteiger partial charge in [-0.25, -0.2) is 4.79 Å². The van der Waals surface area contributed by atoms with Gasteiger partial charge in [0.05, 0.1) is 5.41 Å². The molecule has 0 aliphatic rings. The van der Waals surface area contributed by atoms with Gasteiger partial charge in [0.1, 0.15) is 0 Å². The number of primary amides is 1. The van der Waals surface area contributed by atoms with Crippen molar-refractivity contribution in [3.63, 3.8) is 0 Å². The number of nitrogens with two attached hydrogens (primary N) is 1. The van der Waals surface area contributed by atoms with E-state index in [4.69, 9.17) is 17.3 Å². The molecule has 0 atom stereocenters. The smallest absolute Gasteiger partial charge is 0.317 e. The lowest BCUT2D eigenvalue weighted by Gasteiger charge is -2.24. The van der Waals surface area contributed by atoms with Gasteiger partial charge < -0.3 is 16.0 Å². The highest BCUT2D eigenvalue weighted by molar-refractivity contribution is 6.30. The molecule has 0 unspecified atom stereocenters. The molecule has 0 heterocycles. The van der Waals surface area contributed by atoms with E-state index in [-0.39, 0.29) is 12.6 Å². The van der Waals surface area contributed by atoms with Crippen LogP contribution in [0.15, 0.2) is 24.3 Å². The highest BCUT2D eigenvalue weighted by Gasteiger charge is 2.25. The van der Waals surface area contributed by atoms with Crippen molar-refractivity contribution in [1.82, 2.24) is 10.2 Å². The highest BCUT2D eigenvalue weighted by Crippen LogP contribution is 2.13. The van der Waals surface area contributed by atoms with Crippen molar-refractivity contribution in [3.8, 4) is 0 Å². The third-order valence-corrected chi connectivity index (χ3v) is 3.28. The predicted octanol–water partition coefficient (Wildman–Crippen LogP) is 1.99. The number of urea groups is 1. The largest absolute Gasteiger partial charge is 0.369 e. The number of rotatable bonds is 5. The van der Waals surface area contributed by atoms with E-state index in [0.717, 1.165) is 5.56 Å². The second-order valence-electron chi connectivity index (χ2n) is 5.39. The van der Waals surface area contributed by atoms with Gasteiger partial charge in [0.25, 0.3) is 0 Å². The third-order valence-electron chi connectivity index (χ3n) is 3.03. The highest BCUT2D eigenvalue weighted by atomic mass is 35.5. The van der Waals surface area contributed by atoms with Gasteiger partial charge in [-0.05, 0) is 31.5 Å². The number of carbonyl (C=O) groups is 2. The third kappa shape index (κ3) is 4.74. The van der Waals surface area contributed by atoms with Crippen molar-refractivity contribution in [1.29, 1.82) is 0 Å². The summed E-state index contributed by atoms with van der Waals surface area (Å²) in [6, 6.07) is 7.02. The zero-order valence-corrected chi connectivity index (χ0v) is 12.7. The Kier molecular flexibility index (Phi) is 5.39. The summed E-state index contributed by atoms with van der Waals surface area (Å²) in [5, 5.41) is 3.35. The van der Waals surface area contributed by atoms with Crippen LogP contribution >= 0.6 is 11.6 Å². The monoisotopic (exact) mass is 297 g/mol. The van der Waals surface area contributed by atoms with Crippen molar-refractivity contribution in [2.75, 3.05) is 13.6 Å². The van der Waals surface area contributed by atoms with E-state index in [2.05, 4.69) is 5.32 Å². The molecule has 0 fully saturated rings. The summed E-state index contributed by atoms with van der Waals surface area (Å²) in [5.41, 5.74) is 5.46. The molecule has 1 aromatic rings. The average Bonchev–Trinajstić information content (AvgIpc) is 2.38. The van der Waals surface area contributed by atoms with Crippen molar-refractivity contribution >= 4 is 23.5 Å². The standard InChI is InChI=1S/C14H20ClN3O2/c1-14(2,12(16)19)9-17-13(20)18(3)8-10-4-6-11(15)7-5-10/h4-7H,8-9H2,1-3H3,(H2,16,19)(H,17,20). The lowest BCUT2D eigenvalue weighted by Crippen LogP contribution is -2.46. The Morgan fingerprint density at radius 1 is 1.30 bits per heavy atom. The molecule has 0 spiro atoms. The van der Waals surface area contributed by atoms with Crippen LogP contribution in [0.5, 0.6) is 0 Å². The Hall–Kier alpha value is -1.75. The number of hydrogen-bond acceptors (Lipinski definition) is 2. The van der Waals surface area contributed by atoms with Gasteiger partial charge in [0.15, 0.2) is 0 Å². The molecular weight excluding hydrogens is 278 g/mol. The van der Waals surface area contributed by atoms with Crippen LogP contribution in [0.3, 0.4) is 0 Å². The average molecular weight is 298 g/mol. The summed E-state index contributed by atoms with van der Waals surface area (Å²) >= 11 is 5.80. The topological polar surface area (TPSA) is 75.4 Å². The van der Waals surface area contributed by atoms with Crippen LogP contribution in [0.25, 0.3) is 0 Å². The summed E-state index contributed by atoms with van der Waals surface area (Å²) in [7, 11) is 1.68. The molecule has 3 amide bonds. The first kappa shape index (κ1) is 16.3. The molecule has 0 saturated carbocycles. The van der Waals surface area contributed by atoms with E-state index < -0.39 is 11.3 Å². The quantitative estimate of drug-likeness (QED) is 0.872. The van der Waals surface area contributed by atoms with E-state index in [1.165, 1.54) is 4.90 Å². The van der Waals surface area contributed by atoms with Crippen LogP contribution in [0, 0.1) is 5.41 Å². The normalized spacial score (nSPS) is 11.0. The summed E-state index contributed by atoms with van der Waals surface area (Å²) in [4.78, 5) is 24.6. The Bertz CT molecular complexity index is 486. The zero-order valence-electron chi connectivity index (χ0n) is 11.9. The van der Waals surface area contributed by atoms with Gasteiger partial charge in [0, 0.05) is 25.2 Å². The molecule has 1 aromatic carbocycles. The fourth-order valence-corrected chi connectivity index (χ4v) is 1.58. The van der Waals surface area contributed by atoms with Gasteiger partial charge in [0.2, 0.25) is 5.91 Å². The molecule has 0 aliphatic carbocycles. The molecule has 110 valence electrons. The van der Waals surface area contributed by atoms with Crippen molar-refractivity contribution in [3.05, 3.63) is 34.9 Å². The van der Waals surface area contributed by atoms with E-state index in [1.54, 1.807) is 33.0 Å². The van der Waals surface area contributed by atoms with Crippen molar-refractivity contribution < 1.29 is 9.59 Å². The second kappa shape index (κ2) is 6.61. The van der Waals surface area contributed by atoms with Crippen LogP contribution < -0.4 is 11.1 Å². The Morgan fingerprint density at radius 3 is 2.35 bits per heavy atom. The summed E-state index contributed by atoms with van der Waals surface area (Å²) < 4.78 is 0. The van der Waals surface area contributed by atoms with Gasteiger partial charge in [-0.15, -0.1) is 0 Å². The van der Waals surface area contributed by atoms with Gasteiger partial charge in [-0.3, -0.25) is 4.79 Å². The molecule has 0 bridgehead atoms. The molecule has 1 rings (SSSR count). The van der Waals surface area contributed by atoms with Gasteiger partial charge in [-0.2, -0.15) is 0 Å². The summed E-state index contributed by atoms with van der Waals surface area (Å²) in [6.45, 7) is 4.04. The first-order chi connectivity index (χ1) is 9.22. The van der Waals surface area contributed by atoms with Crippen molar-refractivity contribution in [2.24, 2.45) is 11.1 Å². The van der Waals surface area contributed by atoms with E-state index in [9.17, 15) is 9.59 Å². The van der Waals surface area contributed by atoms with Crippen molar-refractivity contribution in [2.45, 2.75) is 20.4 Å². The van der Waals surface area contributed by atoms with Gasteiger partial charge in [-0.1, -0.05) is 23.7 Å². The second-order valence-corrected chi connectivity index (χ2v) is 5.83. The van der Waals surface area contributed by atoms with E-state index >= 15 is 0 Å². The summed E-state index contributed by atoms with van der Waals surface area (Å²) in [5.74, 6) is -0.446. The molecular formula is C14H20ClN3O2. The van der Waals surface area contributed by atoms with Crippen LogP contribution in [-0.4, -0.2) is 30.4 Å². The number of nitrogens with one attached hydrogen (secondary N) is 1. The van der Waals surface area contributed by atoms with Crippen LogP contribution in [-0.2, 0) is 11.3 Å². The molecule has 0 saturated heterocycles. The number of halogens is 1. The SMILES string of the molecule is CN(Cc1ccc(Cl)cc1)C(=O)NCC(C)(C)C(N)=O. The summed E-state index contributed by atoms with van der Waals surface area (Å²) in [6.07, 6.45) is 0. The molecule has 3 N–H and O–H groups in total. The molecule has 0 radical (unpaired) electrons. The van der Waals surface area contributed by atoms with Crippen LogP contribution in [0.4, 0.5) is 4.79 Å². The number of nitrogens with zero attached hydrogens (tertiary/aromatic N) is 1. The number of carbonyl (C=O) groups excluding carboxylic acids is 2. The Balaban J connectivity index is 2.51. The number of amides is 3. The minimum atomic E-state index is -0.767. The molecule has 6 heteroatoms. The predicted molar refractivity (Wildman–Crippen MR) is 79.3 cm³/mol. The maximum atomic E-state index is 11.9. The molecule has 5 nitrogen and oxygen atoms in total. The lowest BCUT2D eigenvalue weighted by atomic mass is 9.93. The number of benzene rings is 1. The lowest BCUT2D eigenvalue weighted by molar-refractivity contribution is -0.125. The Labute approximate surface area is 124 Å². The first-order valence-corrected chi connectivity index (χ1v) is 6.63. The zero-order chi connectivity index (χ0) is 15.3. The van der Waals surface area contributed by atoms with Crippen LogP contribution in [0.2, 0.25) is 5.02 Å². The fraction of sp³-hybridized carbons (Fsp3) is 0.429. The van der Waals surface area contributed by atoms with E-state index in [1.807, 2.05) is 12.1 Å². The maximum Gasteiger partial charge on any atom is 0.317 e. The molecule has 0 aliphatic heterocycles. The van der Waals surface area contributed by atoms with E-state index in [0.29, 0.717) is 11.6 Å². The fourth-order valence-electron chi connectivity index (χ4n) is 1.45. The van der Waals surface area contributed by atoms with Crippen LogP contribution in [0.1, 0.15) is 19.4 Å². The van der Waals surface area contributed by atoms with Gasteiger partial charge >= 0.3 is 6.03 Å². The minimum Gasteiger partial charge on any atom is -0.369 e. The number of hydrogen-bond donors (Lipinski definition) is 2. The maximum absolute atomic E-state index is 11.9. The first-order valence-electron chi connectivity index (χ1n) is 6.25. The molecule has 0 aromatic heterocycles. The minimum absolute atomic E-state index is 0.201. The Morgan fingerprint density at radius 2 is 1.85 bits per heavy atom.